The van der Waals surface area contributed by atoms with Gasteiger partial charge in [-0.1, -0.05) is 68.3 Å². The number of aryl methyl sites for hydroxylation is 2. The third-order valence-electron chi connectivity index (χ3n) is 2.96. The summed E-state index contributed by atoms with van der Waals surface area (Å²) >= 11 is 0. The summed E-state index contributed by atoms with van der Waals surface area (Å²) in [4.78, 5) is 0. The average Bonchev–Trinajstić information content (AvgIpc) is 2.39. The van der Waals surface area contributed by atoms with E-state index in [1.807, 2.05) is 0 Å². The summed E-state index contributed by atoms with van der Waals surface area (Å²) in [5.41, 5.74) is 4.19. The second-order valence-electron chi connectivity index (χ2n) is 4.67. The lowest BCUT2D eigenvalue weighted by molar-refractivity contribution is 0.958. The quantitative estimate of drug-likeness (QED) is 0.570. The fourth-order valence-electron chi connectivity index (χ4n) is 1.28. The van der Waals surface area contributed by atoms with Crippen molar-refractivity contribution in [3.05, 3.63) is 59.2 Å². The summed E-state index contributed by atoms with van der Waals surface area (Å²) in [6, 6.07) is 8.36. The van der Waals surface area contributed by atoms with Crippen LogP contribution in [-0.2, 0) is 0 Å². The van der Waals surface area contributed by atoms with Crippen LogP contribution in [0.3, 0.4) is 0 Å². The molecule has 0 saturated heterocycles. The minimum absolute atomic E-state index is 1.16. The molecule has 0 aliphatic carbocycles. The van der Waals surface area contributed by atoms with E-state index in [1.54, 1.807) is 0 Å². The van der Waals surface area contributed by atoms with Gasteiger partial charge in [-0.15, -0.1) is 0 Å². The molecule has 0 aliphatic rings. The van der Waals surface area contributed by atoms with Crippen LogP contribution >= 0.6 is 0 Å². The molecule has 1 rings (SSSR count). The molecule has 0 unspecified atom stereocenters. The number of rotatable bonds is 4. The standard InChI is InChI=1S/C10H18.C8H10/c1-4-6-7-8-9-10(3)5-2;1-7-5-3-4-6-8(7)2/h7-9H,4-6H2,1-3H3;3-6H,1-2H3/b8-7+,10-9?;. The van der Waals surface area contributed by atoms with Crippen LogP contribution in [0.2, 0.25) is 0 Å². The molecule has 0 aliphatic heterocycles. The topological polar surface area (TPSA) is 0 Å². The number of hydrogen-bond acceptors (Lipinski definition) is 0. The minimum atomic E-state index is 1.16. The second-order valence-corrected chi connectivity index (χ2v) is 4.67. The molecule has 1 aromatic rings. The summed E-state index contributed by atoms with van der Waals surface area (Å²) in [6.07, 6.45) is 10.2. The van der Waals surface area contributed by atoms with Crippen molar-refractivity contribution in [2.75, 3.05) is 0 Å². The van der Waals surface area contributed by atoms with Gasteiger partial charge in [0.25, 0.3) is 0 Å². The van der Waals surface area contributed by atoms with E-state index in [4.69, 9.17) is 0 Å². The molecular weight excluding hydrogens is 216 g/mol. The first kappa shape index (κ1) is 16.7. The van der Waals surface area contributed by atoms with E-state index in [0.29, 0.717) is 0 Å². The van der Waals surface area contributed by atoms with Gasteiger partial charge in [0, 0.05) is 0 Å². The Kier molecular flexibility index (Phi) is 10.0. The van der Waals surface area contributed by atoms with Gasteiger partial charge in [0.2, 0.25) is 0 Å². The Morgan fingerprint density at radius 1 is 1.06 bits per heavy atom. The molecule has 1 aromatic carbocycles. The van der Waals surface area contributed by atoms with E-state index in [-0.39, 0.29) is 0 Å². The van der Waals surface area contributed by atoms with Crippen molar-refractivity contribution in [1.29, 1.82) is 0 Å². The zero-order valence-electron chi connectivity index (χ0n) is 12.7. The Balaban J connectivity index is 0.000000327. The first-order valence-electron chi connectivity index (χ1n) is 6.96. The number of allylic oxidation sites excluding steroid dienone is 4. The molecule has 0 radical (unpaired) electrons. The number of benzene rings is 1. The maximum atomic E-state index is 2.22. The van der Waals surface area contributed by atoms with E-state index < -0.39 is 0 Å². The van der Waals surface area contributed by atoms with Crippen molar-refractivity contribution in [2.45, 2.75) is 53.9 Å². The smallest absolute Gasteiger partial charge is 0.0349 e. The molecule has 0 atom stereocenters. The largest absolute Gasteiger partial charge is 0.0845 e. The maximum absolute atomic E-state index is 2.22. The van der Waals surface area contributed by atoms with Gasteiger partial charge in [0.05, 0.1) is 0 Å². The summed E-state index contributed by atoms with van der Waals surface area (Å²) < 4.78 is 0. The Bertz CT molecular complexity index is 348. The SMILES string of the molecule is CCC/C=C/C=C(C)CC.Cc1ccccc1C. The molecule has 100 valence electrons. The van der Waals surface area contributed by atoms with Crippen molar-refractivity contribution in [3.63, 3.8) is 0 Å². The van der Waals surface area contributed by atoms with E-state index in [9.17, 15) is 0 Å². The lowest BCUT2D eigenvalue weighted by Crippen LogP contribution is -1.74. The van der Waals surface area contributed by atoms with Gasteiger partial charge in [-0.3, -0.25) is 0 Å². The van der Waals surface area contributed by atoms with Gasteiger partial charge < -0.3 is 0 Å². The van der Waals surface area contributed by atoms with Gasteiger partial charge >= 0.3 is 0 Å². The Morgan fingerprint density at radius 2 is 1.61 bits per heavy atom. The summed E-state index contributed by atoms with van der Waals surface area (Å²) in [5, 5.41) is 0. The predicted molar refractivity (Wildman–Crippen MR) is 84.0 cm³/mol. The van der Waals surface area contributed by atoms with Crippen molar-refractivity contribution in [3.8, 4) is 0 Å². The number of unbranched alkanes of at least 4 members (excludes halogenated alkanes) is 1. The maximum Gasteiger partial charge on any atom is -0.0349 e. The van der Waals surface area contributed by atoms with E-state index >= 15 is 0 Å². The first-order valence-corrected chi connectivity index (χ1v) is 6.96. The van der Waals surface area contributed by atoms with Crippen LogP contribution in [0.5, 0.6) is 0 Å². The van der Waals surface area contributed by atoms with Gasteiger partial charge in [-0.05, 0) is 44.7 Å². The molecule has 18 heavy (non-hydrogen) atoms. The van der Waals surface area contributed by atoms with Crippen LogP contribution in [0.25, 0.3) is 0 Å². The van der Waals surface area contributed by atoms with E-state index in [1.165, 1.54) is 29.5 Å². The molecule has 0 bridgehead atoms. The third-order valence-corrected chi connectivity index (χ3v) is 2.96. The third kappa shape index (κ3) is 8.81. The predicted octanol–water partition coefficient (Wildman–Crippen LogP) is 6.00. The zero-order chi connectivity index (χ0) is 13.8. The van der Waals surface area contributed by atoms with Crippen LogP contribution in [0.15, 0.2) is 48.1 Å². The second kappa shape index (κ2) is 10.8. The highest BCUT2D eigenvalue weighted by molar-refractivity contribution is 5.23. The fourth-order valence-corrected chi connectivity index (χ4v) is 1.28. The van der Waals surface area contributed by atoms with Gasteiger partial charge in [-0.2, -0.15) is 0 Å². The van der Waals surface area contributed by atoms with Crippen LogP contribution in [0.1, 0.15) is 51.2 Å². The van der Waals surface area contributed by atoms with Crippen LogP contribution in [0, 0.1) is 13.8 Å². The highest BCUT2D eigenvalue weighted by Crippen LogP contribution is 2.02. The van der Waals surface area contributed by atoms with Crippen LogP contribution < -0.4 is 0 Å². The molecule has 0 saturated carbocycles. The highest BCUT2D eigenvalue weighted by Gasteiger charge is 1.83. The summed E-state index contributed by atoms with van der Waals surface area (Å²) in [6.45, 7) is 10.8. The minimum Gasteiger partial charge on any atom is -0.0845 e. The lowest BCUT2D eigenvalue weighted by Gasteiger charge is -1.93. The molecule has 0 amide bonds. The molecule has 0 aromatic heterocycles. The molecule has 0 N–H and O–H groups in total. The Hall–Kier alpha value is -1.30. The molecule has 0 heterocycles. The Morgan fingerprint density at radius 3 is 2.00 bits per heavy atom. The van der Waals surface area contributed by atoms with Gasteiger partial charge in [0.1, 0.15) is 0 Å². The molecule has 0 nitrogen and oxygen atoms in total. The van der Waals surface area contributed by atoms with Crippen molar-refractivity contribution >= 4 is 0 Å². The lowest BCUT2D eigenvalue weighted by atomic mass is 10.1. The van der Waals surface area contributed by atoms with Crippen LogP contribution in [0.4, 0.5) is 0 Å². The molecule has 0 heteroatoms. The van der Waals surface area contributed by atoms with Crippen LogP contribution in [-0.4, -0.2) is 0 Å². The van der Waals surface area contributed by atoms with Crippen molar-refractivity contribution in [2.24, 2.45) is 0 Å². The number of hydrogen-bond donors (Lipinski definition) is 0. The first-order chi connectivity index (χ1) is 8.61. The molecule has 0 spiro atoms. The van der Waals surface area contributed by atoms with Gasteiger partial charge in [0.15, 0.2) is 0 Å². The average molecular weight is 244 g/mol. The monoisotopic (exact) mass is 244 g/mol. The Labute approximate surface area is 113 Å². The normalized spacial score (nSPS) is 11.3. The highest BCUT2D eigenvalue weighted by atomic mass is 13.9. The van der Waals surface area contributed by atoms with Crippen molar-refractivity contribution < 1.29 is 0 Å². The molecule has 0 fully saturated rings. The zero-order valence-corrected chi connectivity index (χ0v) is 12.7. The van der Waals surface area contributed by atoms with E-state index in [0.717, 1.165) is 6.42 Å². The summed E-state index contributed by atoms with van der Waals surface area (Å²) in [7, 11) is 0. The summed E-state index contributed by atoms with van der Waals surface area (Å²) in [5.74, 6) is 0. The fraction of sp³-hybridized carbons (Fsp3) is 0.444. The molecular formula is C18H28. The van der Waals surface area contributed by atoms with Crippen molar-refractivity contribution in [1.82, 2.24) is 0 Å². The van der Waals surface area contributed by atoms with Gasteiger partial charge in [-0.25, -0.2) is 0 Å². The van der Waals surface area contributed by atoms with E-state index in [2.05, 4.69) is 77.1 Å².